The molecule has 5 heteroatoms. The van der Waals surface area contributed by atoms with Gasteiger partial charge in [0.1, 0.15) is 5.69 Å². The Morgan fingerprint density at radius 2 is 1.95 bits per heavy atom. The molecule has 1 aliphatic carbocycles. The molecule has 0 spiro atoms. The molecule has 4 nitrogen and oxygen atoms in total. The Balaban J connectivity index is 2.19. The zero-order chi connectivity index (χ0) is 16.0. The molecule has 118 valence electrons. The second-order valence-electron chi connectivity index (χ2n) is 7.26. The van der Waals surface area contributed by atoms with Crippen molar-refractivity contribution in [1.29, 1.82) is 0 Å². The van der Waals surface area contributed by atoms with Gasteiger partial charge in [-0.3, -0.25) is 4.79 Å². The number of nitrogens with one attached hydrogen (secondary N) is 1. The van der Waals surface area contributed by atoms with E-state index in [1.54, 1.807) is 6.07 Å². The lowest BCUT2D eigenvalue weighted by Crippen LogP contribution is -2.76. The monoisotopic (exact) mass is 311 g/mol. The normalized spacial score (nSPS) is 26.2. The first-order valence-corrected chi connectivity index (χ1v) is 7.92. The number of nitrogens with zero attached hydrogens (tertiary/aromatic N) is 1. The molecule has 1 heterocycles. The first kappa shape index (κ1) is 16.4. The molecule has 2 rings (SSSR count). The Labute approximate surface area is 132 Å². The van der Waals surface area contributed by atoms with Crippen molar-refractivity contribution in [2.75, 3.05) is 0 Å². The first-order chi connectivity index (χ1) is 9.62. The molecule has 0 aliphatic heterocycles. The van der Waals surface area contributed by atoms with E-state index in [0.29, 0.717) is 10.7 Å². The van der Waals surface area contributed by atoms with Gasteiger partial charge in [-0.25, -0.2) is 0 Å². The summed E-state index contributed by atoms with van der Waals surface area (Å²) in [6.45, 7) is 11.3. The van der Waals surface area contributed by atoms with E-state index in [4.69, 9.17) is 17.3 Å². The third-order valence-corrected chi connectivity index (χ3v) is 5.13. The van der Waals surface area contributed by atoms with Crippen molar-refractivity contribution in [2.24, 2.45) is 16.6 Å². The molecule has 0 aromatic carbocycles. The highest BCUT2D eigenvalue weighted by atomic mass is 35.5. The summed E-state index contributed by atoms with van der Waals surface area (Å²) in [4.78, 5) is 12.6. The highest BCUT2D eigenvalue weighted by molar-refractivity contribution is 6.31. The summed E-state index contributed by atoms with van der Waals surface area (Å²) < 4.78 is 1.91. The predicted molar refractivity (Wildman–Crippen MR) is 86.5 cm³/mol. The van der Waals surface area contributed by atoms with E-state index < -0.39 is 0 Å². The zero-order valence-electron chi connectivity index (χ0n) is 13.5. The number of amides is 1. The quantitative estimate of drug-likeness (QED) is 0.898. The maximum absolute atomic E-state index is 12.6. The van der Waals surface area contributed by atoms with Crippen LogP contribution >= 0.6 is 11.6 Å². The van der Waals surface area contributed by atoms with Crippen molar-refractivity contribution in [1.82, 2.24) is 9.88 Å². The minimum absolute atomic E-state index is 0.0521. The number of carbonyl (C=O) groups excluding carboxylic acids is 1. The second-order valence-corrected chi connectivity index (χ2v) is 7.70. The van der Waals surface area contributed by atoms with Gasteiger partial charge in [-0.05, 0) is 12.5 Å². The molecule has 1 aliphatic rings. The standard InChI is InChI=1S/C16H26ClN3O/c1-6-7-20-9-10(17)8-11(20)12(21)19-14-15(2,3)13(18)16(14,4)5/h8-9,13-14H,6-7,18H2,1-5H3,(H,19,21). The van der Waals surface area contributed by atoms with Gasteiger partial charge in [0.25, 0.3) is 5.91 Å². The molecule has 0 radical (unpaired) electrons. The molecule has 3 N–H and O–H groups in total. The van der Waals surface area contributed by atoms with Gasteiger partial charge in [0, 0.05) is 35.7 Å². The summed E-state index contributed by atoms with van der Waals surface area (Å²) in [6, 6.07) is 1.85. The van der Waals surface area contributed by atoms with Gasteiger partial charge in [-0.15, -0.1) is 0 Å². The average Bonchev–Trinajstić information content (AvgIpc) is 2.76. The van der Waals surface area contributed by atoms with Gasteiger partial charge in [0.2, 0.25) is 0 Å². The summed E-state index contributed by atoms with van der Waals surface area (Å²) >= 11 is 6.04. The largest absolute Gasteiger partial charge is 0.347 e. The lowest BCUT2D eigenvalue weighted by atomic mass is 9.48. The van der Waals surface area contributed by atoms with Crippen molar-refractivity contribution >= 4 is 17.5 Å². The van der Waals surface area contributed by atoms with Crippen LogP contribution in [0.1, 0.15) is 51.5 Å². The van der Waals surface area contributed by atoms with E-state index in [1.165, 1.54) is 0 Å². The van der Waals surface area contributed by atoms with Crippen molar-refractivity contribution in [3.05, 3.63) is 23.0 Å². The molecule has 0 atom stereocenters. The maximum Gasteiger partial charge on any atom is 0.268 e. The molecule has 0 unspecified atom stereocenters. The van der Waals surface area contributed by atoms with Gasteiger partial charge in [-0.1, -0.05) is 46.2 Å². The molecule has 21 heavy (non-hydrogen) atoms. The van der Waals surface area contributed by atoms with E-state index >= 15 is 0 Å². The van der Waals surface area contributed by atoms with Crippen molar-refractivity contribution in [2.45, 2.75) is 59.7 Å². The van der Waals surface area contributed by atoms with Crippen LogP contribution in [0.3, 0.4) is 0 Å². The third kappa shape index (κ3) is 2.59. The van der Waals surface area contributed by atoms with Crippen molar-refractivity contribution < 1.29 is 4.79 Å². The van der Waals surface area contributed by atoms with Crippen LogP contribution in [0.15, 0.2) is 12.3 Å². The minimum Gasteiger partial charge on any atom is -0.347 e. The van der Waals surface area contributed by atoms with E-state index in [9.17, 15) is 4.79 Å². The number of halogens is 1. The van der Waals surface area contributed by atoms with E-state index in [0.717, 1.165) is 13.0 Å². The highest BCUT2D eigenvalue weighted by Gasteiger charge is 2.60. The highest BCUT2D eigenvalue weighted by Crippen LogP contribution is 2.52. The van der Waals surface area contributed by atoms with Crippen molar-refractivity contribution in [3.63, 3.8) is 0 Å². The van der Waals surface area contributed by atoms with Crippen LogP contribution in [0.25, 0.3) is 0 Å². The van der Waals surface area contributed by atoms with Crippen molar-refractivity contribution in [3.8, 4) is 0 Å². The predicted octanol–water partition coefficient (Wildman–Crippen LogP) is 3.04. The fourth-order valence-corrected chi connectivity index (χ4v) is 4.07. The zero-order valence-corrected chi connectivity index (χ0v) is 14.3. The molecule has 1 aromatic rings. The average molecular weight is 312 g/mol. The number of nitrogens with two attached hydrogens (primary N) is 1. The topological polar surface area (TPSA) is 60.0 Å². The smallest absolute Gasteiger partial charge is 0.268 e. The third-order valence-electron chi connectivity index (χ3n) is 4.93. The number of carbonyl (C=O) groups is 1. The van der Waals surface area contributed by atoms with Gasteiger partial charge in [0.05, 0.1) is 5.02 Å². The van der Waals surface area contributed by atoms with Crippen LogP contribution in [0.4, 0.5) is 0 Å². The van der Waals surface area contributed by atoms with Crippen LogP contribution in [0.2, 0.25) is 5.02 Å². The minimum atomic E-state index is -0.106. The Morgan fingerprint density at radius 1 is 1.38 bits per heavy atom. The van der Waals surface area contributed by atoms with Gasteiger partial charge >= 0.3 is 0 Å². The Bertz CT molecular complexity index is 532. The lowest BCUT2D eigenvalue weighted by Gasteiger charge is -2.62. The molecule has 1 fully saturated rings. The number of aromatic nitrogens is 1. The summed E-state index contributed by atoms with van der Waals surface area (Å²) in [6.07, 6.45) is 2.76. The van der Waals surface area contributed by atoms with Crippen LogP contribution in [-0.2, 0) is 6.54 Å². The van der Waals surface area contributed by atoms with Crippen LogP contribution in [0, 0.1) is 10.8 Å². The van der Waals surface area contributed by atoms with Crippen LogP contribution < -0.4 is 11.1 Å². The second kappa shape index (κ2) is 5.33. The van der Waals surface area contributed by atoms with Gasteiger partial charge in [0.15, 0.2) is 0 Å². The number of hydrogen-bond donors (Lipinski definition) is 2. The summed E-state index contributed by atoms with van der Waals surface area (Å²) in [5.74, 6) is -0.0756. The van der Waals surface area contributed by atoms with Gasteiger partial charge < -0.3 is 15.6 Å². The SMILES string of the molecule is CCCn1cc(Cl)cc1C(=O)NC1C(C)(C)C(N)C1(C)C. The molecular formula is C16H26ClN3O. The molecule has 1 amide bonds. The fraction of sp³-hybridized carbons (Fsp3) is 0.688. The van der Waals surface area contributed by atoms with Gasteiger partial charge in [-0.2, -0.15) is 0 Å². The van der Waals surface area contributed by atoms with E-state index in [2.05, 4.69) is 39.9 Å². The van der Waals surface area contributed by atoms with E-state index in [-0.39, 0.29) is 28.8 Å². The summed E-state index contributed by atoms with van der Waals surface area (Å²) in [7, 11) is 0. The molecule has 0 bridgehead atoms. The Hall–Kier alpha value is -1.00. The number of rotatable bonds is 4. The summed E-state index contributed by atoms with van der Waals surface area (Å²) in [5, 5.41) is 3.75. The Morgan fingerprint density at radius 3 is 2.48 bits per heavy atom. The molecule has 1 saturated carbocycles. The summed E-state index contributed by atoms with van der Waals surface area (Å²) in [5.41, 5.74) is 6.65. The molecule has 1 aromatic heterocycles. The number of aryl methyl sites for hydroxylation is 1. The van der Waals surface area contributed by atoms with Crippen LogP contribution in [-0.4, -0.2) is 22.6 Å². The molecular weight excluding hydrogens is 286 g/mol. The first-order valence-electron chi connectivity index (χ1n) is 7.54. The van der Waals surface area contributed by atoms with E-state index in [1.807, 2.05) is 10.8 Å². The Kier molecular flexibility index (Phi) is 4.15. The number of hydrogen-bond acceptors (Lipinski definition) is 2. The maximum atomic E-state index is 12.6. The fourth-order valence-electron chi connectivity index (χ4n) is 3.85. The van der Waals surface area contributed by atoms with Crippen LogP contribution in [0.5, 0.6) is 0 Å². The lowest BCUT2D eigenvalue weighted by molar-refractivity contribution is -0.0664. The molecule has 0 saturated heterocycles.